The van der Waals surface area contributed by atoms with Gasteiger partial charge >= 0.3 is 0 Å². The normalized spacial score (nSPS) is 23.8. The highest BCUT2D eigenvalue weighted by atomic mass is 35.5. The van der Waals surface area contributed by atoms with Crippen molar-refractivity contribution < 1.29 is 4.79 Å². The van der Waals surface area contributed by atoms with Crippen LogP contribution in [0.3, 0.4) is 0 Å². The van der Waals surface area contributed by atoms with Gasteiger partial charge in [-0.25, -0.2) is 0 Å². The zero-order valence-electron chi connectivity index (χ0n) is 11.5. The van der Waals surface area contributed by atoms with Crippen molar-refractivity contribution in [1.82, 2.24) is 4.90 Å². The van der Waals surface area contributed by atoms with Gasteiger partial charge in [0.15, 0.2) is 0 Å². The summed E-state index contributed by atoms with van der Waals surface area (Å²) < 4.78 is 0. The summed E-state index contributed by atoms with van der Waals surface area (Å²) in [7, 11) is 0. The largest absolute Gasteiger partial charge is 0.339 e. The van der Waals surface area contributed by atoms with Crippen molar-refractivity contribution >= 4 is 23.6 Å². The SMILES string of the molecule is C[C@@H]1C[C@H](C)CN(C(=O)/C=C/c2ccccc2Cl)C1. The number of rotatable bonds is 2. The molecular formula is C16H20ClNO. The zero-order valence-corrected chi connectivity index (χ0v) is 12.2. The van der Waals surface area contributed by atoms with Gasteiger partial charge in [-0.3, -0.25) is 4.79 Å². The number of piperidine rings is 1. The van der Waals surface area contributed by atoms with Gasteiger partial charge in [0.25, 0.3) is 0 Å². The van der Waals surface area contributed by atoms with E-state index in [9.17, 15) is 4.79 Å². The Bertz CT molecular complexity index is 473. The number of nitrogens with zero attached hydrogens (tertiary/aromatic N) is 1. The fourth-order valence-electron chi connectivity index (χ4n) is 2.72. The van der Waals surface area contributed by atoms with E-state index in [-0.39, 0.29) is 5.91 Å². The number of carbonyl (C=O) groups excluding carboxylic acids is 1. The molecule has 0 bridgehead atoms. The first-order valence-electron chi connectivity index (χ1n) is 6.77. The second-order valence-corrected chi connectivity index (χ2v) is 5.95. The Morgan fingerprint density at radius 2 is 1.89 bits per heavy atom. The van der Waals surface area contributed by atoms with E-state index in [1.54, 1.807) is 12.2 Å². The van der Waals surface area contributed by atoms with Gasteiger partial charge in [0, 0.05) is 24.2 Å². The molecule has 2 rings (SSSR count). The van der Waals surface area contributed by atoms with Gasteiger partial charge in [0.1, 0.15) is 0 Å². The average molecular weight is 278 g/mol. The molecule has 0 radical (unpaired) electrons. The summed E-state index contributed by atoms with van der Waals surface area (Å²) in [5, 5.41) is 0.673. The van der Waals surface area contributed by atoms with Gasteiger partial charge in [-0.1, -0.05) is 43.6 Å². The van der Waals surface area contributed by atoms with Gasteiger partial charge in [0.05, 0.1) is 0 Å². The van der Waals surface area contributed by atoms with Crippen LogP contribution in [-0.4, -0.2) is 23.9 Å². The van der Waals surface area contributed by atoms with Gasteiger partial charge < -0.3 is 4.90 Å². The summed E-state index contributed by atoms with van der Waals surface area (Å²) in [6.45, 7) is 6.12. The van der Waals surface area contributed by atoms with E-state index in [0.717, 1.165) is 18.7 Å². The maximum absolute atomic E-state index is 12.2. The van der Waals surface area contributed by atoms with Crippen LogP contribution in [0.25, 0.3) is 6.08 Å². The summed E-state index contributed by atoms with van der Waals surface area (Å²) in [6.07, 6.45) is 4.64. The van der Waals surface area contributed by atoms with E-state index in [4.69, 9.17) is 11.6 Å². The summed E-state index contributed by atoms with van der Waals surface area (Å²) >= 11 is 6.06. The number of hydrogen-bond donors (Lipinski definition) is 0. The summed E-state index contributed by atoms with van der Waals surface area (Å²) in [5.74, 6) is 1.25. The molecule has 1 aromatic rings. The van der Waals surface area contributed by atoms with E-state index in [1.165, 1.54) is 6.42 Å². The molecule has 0 unspecified atom stereocenters. The van der Waals surface area contributed by atoms with Gasteiger partial charge in [-0.15, -0.1) is 0 Å². The lowest BCUT2D eigenvalue weighted by molar-refractivity contribution is -0.128. The first kappa shape index (κ1) is 14.1. The van der Waals surface area contributed by atoms with Crippen molar-refractivity contribution in [3.8, 4) is 0 Å². The van der Waals surface area contributed by atoms with Crippen molar-refractivity contribution in [2.45, 2.75) is 20.3 Å². The number of carbonyl (C=O) groups is 1. The zero-order chi connectivity index (χ0) is 13.8. The molecule has 1 fully saturated rings. The van der Waals surface area contributed by atoms with Crippen molar-refractivity contribution in [2.75, 3.05) is 13.1 Å². The number of likely N-dealkylation sites (tertiary alicyclic amines) is 1. The van der Waals surface area contributed by atoms with E-state index in [1.807, 2.05) is 29.2 Å². The average Bonchev–Trinajstić information content (AvgIpc) is 2.36. The number of halogens is 1. The van der Waals surface area contributed by atoms with Crippen LogP contribution in [-0.2, 0) is 4.79 Å². The Labute approximate surface area is 120 Å². The van der Waals surface area contributed by atoms with E-state index in [2.05, 4.69) is 13.8 Å². The fourth-order valence-corrected chi connectivity index (χ4v) is 2.92. The first-order valence-corrected chi connectivity index (χ1v) is 7.15. The second kappa shape index (κ2) is 6.25. The second-order valence-electron chi connectivity index (χ2n) is 5.54. The molecule has 0 aromatic heterocycles. The molecule has 0 aliphatic carbocycles. The summed E-state index contributed by atoms with van der Waals surface area (Å²) in [5.41, 5.74) is 0.885. The van der Waals surface area contributed by atoms with Crippen LogP contribution in [0.4, 0.5) is 0 Å². The highest BCUT2D eigenvalue weighted by Crippen LogP contribution is 2.21. The fraction of sp³-hybridized carbons (Fsp3) is 0.438. The molecular weight excluding hydrogens is 258 g/mol. The lowest BCUT2D eigenvalue weighted by Gasteiger charge is -2.34. The van der Waals surface area contributed by atoms with E-state index >= 15 is 0 Å². The third-order valence-electron chi connectivity index (χ3n) is 3.49. The molecule has 0 saturated carbocycles. The minimum atomic E-state index is 0.0818. The van der Waals surface area contributed by atoms with Crippen molar-refractivity contribution in [3.63, 3.8) is 0 Å². The predicted molar refractivity (Wildman–Crippen MR) is 80.0 cm³/mol. The smallest absolute Gasteiger partial charge is 0.246 e. The first-order chi connectivity index (χ1) is 9.06. The van der Waals surface area contributed by atoms with Crippen molar-refractivity contribution in [1.29, 1.82) is 0 Å². The Morgan fingerprint density at radius 1 is 1.26 bits per heavy atom. The van der Waals surface area contributed by atoms with Gasteiger partial charge in [-0.05, 0) is 36.0 Å². The quantitative estimate of drug-likeness (QED) is 0.752. The highest BCUT2D eigenvalue weighted by Gasteiger charge is 2.23. The lowest BCUT2D eigenvalue weighted by atomic mass is 9.92. The van der Waals surface area contributed by atoms with Crippen molar-refractivity contribution in [3.05, 3.63) is 40.9 Å². The maximum Gasteiger partial charge on any atom is 0.246 e. The van der Waals surface area contributed by atoms with Gasteiger partial charge in [-0.2, -0.15) is 0 Å². The standard InChI is InChI=1S/C16H20ClNO/c1-12-9-13(2)11-18(10-12)16(19)8-7-14-5-3-4-6-15(14)17/h3-8,12-13H,9-11H2,1-2H3/b8-7+/t12-,13+. The third kappa shape index (κ3) is 3.84. The Hall–Kier alpha value is -1.28. The van der Waals surface area contributed by atoms with Crippen LogP contribution >= 0.6 is 11.6 Å². The van der Waals surface area contributed by atoms with Crippen LogP contribution in [0.2, 0.25) is 5.02 Å². The molecule has 0 spiro atoms. The molecule has 2 nitrogen and oxygen atoms in total. The molecule has 1 aliphatic heterocycles. The summed E-state index contributed by atoms with van der Waals surface area (Å²) in [6, 6.07) is 7.54. The monoisotopic (exact) mass is 277 g/mol. The molecule has 3 heteroatoms. The summed E-state index contributed by atoms with van der Waals surface area (Å²) in [4.78, 5) is 14.1. The van der Waals surface area contributed by atoms with Crippen LogP contribution in [0, 0.1) is 11.8 Å². The number of benzene rings is 1. The number of hydrogen-bond acceptors (Lipinski definition) is 1. The molecule has 2 atom stereocenters. The Kier molecular flexibility index (Phi) is 4.65. The highest BCUT2D eigenvalue weighted by molar-refractivity contribution is 6.32. The molecule has 102 valence electrons. The predicted octanol–water partition coefficient (Wildman–Crippen LogP) is 3.86. The molecule has 0 N–H and O–H groups in total. The molecule has 1 aliphatic rings. The van der Waals surface area contributed by atoms with E-state index < -0.39 is 0 Å². The minimum Gasteiger partial charge on any atom is -0.339 e. The maximum atomic E-state index is 12.2. The topological polar surface area (TPSA) is 20.3 Å². The molecule has 1 aromatic carbocycles. The molecule has 1 amide bonds. The van der Waals surface area contributed by atoms with Gasteiger partial charge in [0.2, 0.25) is 5.91 Å². The Morgan fingerprint density at radius 3 is 2.53 bits per heavy atom. The molecule has 1 heterocycles. The molecule has 19 heavy (non-hydrogen) atoms. The molecule has 1 saturated heterocycles. The number of amides is 1. The third-order valence-corrected chi connectivity index (χ3v) is 3.84. The minimum absolute atomic E-state index is 0.0818. The van der Waals surface area contributed by atoms with Crippen LogP contribution in [0.5, 0.6) is 0 Å². The van der Waals surface area contributed by atoms with Crippen LogP contribution < -0.4 is 0 Å². The van der Waals surface area contributed by atoms with Crippen LogP contribution in [0.15, 0.2) is 30.3 Å². The Balaban J connectivity index is 2.03. The van der Waals surface area contributed by atoms with Crippen LogP contribution in [0.1, 0.15) is 25.8 Å². The van der Waals surface area contributed by atoms with E-state index in [0.29, 0.717) is 16.9 Å². The lowest BCUT2D eigenvalue weighted by Crippen LogP contribution is -2.41. The van der Waals surface area contributed by atoms with Crippen molar-refractivity contribution in [2.24, 2.45) is 11.8 Å².